The normalized spacial score (nSPS) is 19.4. The first-order valence-electron chi connectivity index (χ1n) is 7.58. The Balaban J connectivity index is 1.88. The molecule has 1 amide bonds. The first kappa shape index (κ1) is 15.8. The number of nitrogens with two attached hydrogens (primary N) is 1. The van der Waals surface area contributed by atoms with E-state index in [0.717, 1.165) is 43.8 Å². The minimum atomic E-state index is 0.000786. The minimum absolute atomic E-state index is 0.000786. The van der Waals surface area contributed by atoms with Crippen LogP contribution in [0.3, 0.4) is 0 Å². The highest BCUT2D eigenvalue weighted by atomic mass is 16.5. The number of anilines is 2. The summed E-state index contributed by atoms with van der Waals surface area (Å²) in [5.41, 5.74) is 8.23. The summed E-state index contributed by atoms with van der Waals surface area (Å²) in [6.45, 7) is 6.88. The summed E-state index contributed by atoms with van der Waals surface area (Å²) < 4.78 is 5.66. The summed E-state index contributed by atoms with van der Waals surface area (Å²) in [6, 6.07) is 5.55. The summed E-state index contributed by atoms with van der Waals surface area (Å²) >= 11 is 0. The molecular formula is C16H25N3O2. The third kappa shape index (κ3) is 4.72. The lowest BCUT2D eigenvalue weighted by Gasteiger charge is -2.31. The van der Waals surface area contributed by atoms with Gasteiger partial charge in [-0.05, 0) is 50.9 Å². The van der Waals surface area contributed by atoms with Crippen LogP contribution in [0.4, 0.5) is 11.4 Å². The Morgan fingerprint density at radius 3 is 3.10 bits per heavy atom. The SMILES string of the molecule is CCOC1CCCN(CC(=O)Nc2cc(N)ccc2C)C1. The number of benzene rings is 1. The number of piperidine rings is 1. The zero-order chi connectivity index (χ0) is 15.2. The maximum atomic E-state index is 12.2. The molecule has 5 nitrogen and oxygen atoms in total. The number of hydrogen-bond donors (Lipinski definition) is 2. The van der Waals surface area contributed by atoms with Gasteiger partial charge in [-0.25, -0.2) is 0 Å². The van der Waals surface area contributed by atoms with Gasteiger partial charge < -0.3 is 15.8 Å². The lowest BCUT2D eigenvalue weighted by atomic mass is 10.1. The third-order valence-corrected chi connectivity index (χ3v) is 3.77. The van der Waals surface area contributed by atoms with Gasteiger partial charge in [-0.1, -0.05) is 6.07 Å². The second-order valence-corrected chi connectivity index (χ2v) is 5.58. The molecule has 0 spiro atoms. The highest BCUT2D eigenvalue weighted by Crippen LogP contribution is 2.18. The molecule has 116 valence electrons. The molecule has 1 fully saturated rings. The van der Waals surface area contributed by atoms with Crippen LogP contribution in [0.1, 0.15) is 25.3 Å². The van der Waals surface area contributed by atoms with E-state index in [9.17, 15) is 4.79 Å². The Morgan fingerprint density at radius 1 is 1.52 bits per heavy atom. The molecule has 1 saturated heterocycles. The zero-order valence-corrected chi connectivity index (χ0v) is 12.9. The molecule has 0 saturated carbocycles. The standard InChI is InChI=1S/C16H25N3O2/c1-3-21-14-5-4-8-19(10-14)11-16(20)18-15-9-13(17)7-6-12(15)2/h6-7,9,14H,3-5,8,10-11,17H2,1-2H3,(H,18,20). The second kappa shape index (κ2) is 7.43. The van der Waals surface area contributed by atoms with Gasteiger partial charge in [0.05, 0.1) is 12.6 Å². The minimum Gasteiger partial charge on any atom is -0.399 e. The van der Waals surface area contributed by atoms with Gasteiger partial charge in [-0.2, -0.15) is 0 Å². The molecule has 0 aromatic heterocycles. The molecule has 3 N–H and O–H groups in total. The number of rotatable bonds is 5. The topological polar surface area (TPSA) is 67.6 Å². The largest absolute Gasteiger partial charge is 0.399 e. The Morgan fingerprint density at radius 2 is 2.33 bits per heavy atom. The van der Waals surface area contributed by atoms with Gasteiger partial charge >= 0.3 is 0 Å². The molecule has 0 bridgehead atoms. The molecule has 21 heavy (non-hydrogen) atoms. The lowest BCUT2D eigenvalue weighted by molar-refractivity contribution is -0.118. The van der Waals surface area contributed by atoms with Crippen molar-refractivity contribution in [2.75, 3.05) is 37.3 Å². The summed E-state index contributed by atoms with van der Waals surface area (Å²) in [4.78, 5) is 14.3. The predicted molar refractivity (Wildman–Crippen MR) is 85.3 cm³/mol. The highest BCUT2D eigenvalue weighted by Gasteiger charge is 2.21. The molecule has 5 heteroatoms. The van der Waals surface area contributed by atoms with E-state index in [-0.39, 0.29) is 12.0 Å². The summed E-state index contributed by atoms with van der Waals surface area (Å²) in [5, 5.41) is 2.94. The van der Waals surface area contributed by atoms with Crippen molar-refractivity contribution < 1.29 is 9.53 Å². The number of nitrogens with zero attached hydrogens (tertiary/aromatic N) is 1. The van der Waals surface area contributed by atoms with Crippen LogP contribution in [-0.2, 0) is 9.53 Å². The Labute approximate surface area is 126 Å². The average molecular weight is 291 g/mol. The van der Waals surface area contributed by atoms with E-state index in [1.165, 1.54) is 0 Å². The quantitative estimate of drug-likeness (QED) is 0.814. The number of nitrogen functional groups attached to an aromatic ring is 1. The number of aryl methyl sites for hydroxylation is 1. The van der Waals surface area contributed by atoms with E-state index in [0.29, 0.717) is 12.2 Å². The molecular weight excluding hydrogens is 266 g/mol. The van der Waals surface area contributed by atoms with Crippen molar-refractivity contribution in [1.29, 1.82) is 0 Å². The van der Waals surface area contributed by atoms with Crippen molar-refractivity contribution in [1.82, 2.24) is 4.90 Å². The number of carbonyl (C=O) groups excluding carboxylic acids is 1. The van der Waals surface area contributed by atoms with Crippen molar-refractivity contribution in [3.8, 4) is 0 Å². The van der Waals surface area contributed by atoms with Gasteiger partial charge in [0, 0.05) is 24.5 Å². The fourth-order valence-electron chi connectivity index (χ4n) is 2.70. The van der Waals surface area contributed by atoms with Crippen LogP contribution in [0.25, 0.3) is 0 Å². The van der Waals surface area contributed by atoms with Crippen LogP contribution in [0, 0.1) is 6.92 Å². The Hall–Kier alpha value is -1.59. The second-order valence-electron chi connectivity index (χ2n) is 5.58. The smallest absolute Gasteiger partial charge is 0.238 e. The molecule has 1 aromatic rings. The number of amides is 1. The van der Waals surface area contributed by atoms with Gasteiger partial charge in [0.2, 0.25) is 5.91 Å². The first-order chi connectivity index (χ1) is 10.1. The maximum Gasteiger partial charge on any atom is 0.238 e. The Kier molecular flexibility index (Phi) is 5.59. The molecule has 1 aromatic carbocycles. The first-order valence-corrected chi connectivity index (χ1v) is 7.58. The van der Waals surface area contributed by atoms with Crippen LogP contribution in [0.15, 0.2) is 18.2 Å². The fourth-order valence-corrected chi connectivity index (χ4v) is 2.70. The van der Waals surface area contributed by atoms with E-state index in [1.54, 1.807) is 6.07 Å². The number of ether oxygens (including phenoxy) is 1. The monoisotopic (exact) mass is 291 g/mol. The number of nitrogens with one attached hydrogen (secondary N) is 1. The van der Waals surface area contributed by atoms with Crippen LogP contribution in [0.5, 0.6) is 0 Å². The fraction of sp³-hybridized carbons (Fsp3) is 0.562. The highest BCUT2D eigenvalue weighted by molar-refractivity contribution is 5.93. The van der Waals surface area contributed by atoms with Gasteiger partial charge in [-0.15, -0.1) is 0 Å². The molecule has 1 aliphatic rings. The summed E-state index contributed by atoms with van der Waals surface area (Å²) in [7, 11) is 0. The predicted octanol–water partition coefficient (Wildman–Crippen LogP) is 2.02. The van der Waals surface area contributed by atoms with E-state index in [2.05, 4.69) is 10.2 Å². The maximum absolute atomic E-state index is 12.2. The number of hydrogen-bond acceptors (Lipinski definition) is 4. The molecule has 0 radical (unpaired) electrons. The van der Waals surface area contributed by atoms with Crippen molar-refractivity contribution in [3.63, 3.8) is 0 Å². The van der Waals surface area contributed by atoms with Crippen molar-refractivity contribution >= 4 is 17.3 Å². The van der Waals surface area contributed by atoms with Gasteiger partial charge in [-0.3, -0.25) is 9.69 Å². The Bertz CT molecular complexity index is 488. The van der Waals surface area contributed by atoms with Crippen molar-refractivity contribution in [2.45, 2.75) is 32.8 Å². The lowest BCUT2D eigenvalue weighted by Crippen LogP contribution is -2.43. The number of carbonyl (C=O) groups is 1. The van der Waals surface area contributed by atoms with E-state index < -0.39 is 0 Å². The molecule has 2 rings (SSSR count). The van der Waals surface area contributed by atoms with E-state index in [4.69, 9.17) is 10.5 Å². The summed E-state index contributed by atoms with van der Waals surface area (Å²) in [5.74, 6) is 0.000786. The molecule has 1 unspecified atom stereocenters. The molecule has 0 aliphatic carbocycles. The summed E-state index contributed by atoms with van der Waals surface area (Å²) in [6.07, 6.45) is 2.42. The number of likely N-dealkylation sites (tertiary alicyclic amines) is 1. The van der Waals surface area contributed by atoms with E-state index >= 15 is 0 Å². The van der Waals surface area contributed by atoms with Gasteiger partial charge in [0.1, 0.15) is 0 Å². The third-order valence-electron chi connectivity index (χ3n) is 3.77. The molecule has 1 atom stereocenters. The zero-order valence-electron chi connectivity index (χ0n) is 12.9. The van der Waals surface area contributed by atoms with Crippen LogP contribution in [0.2, 0.25) is 0 Å². The van der Waals surface area contributed by atoms with Crippen LogP contribution < -0.4 is 11.1 Å². The van der Waals surface area contributed by atoms with Gasteiger partial charge in [0.25, 0.3) is 0 Å². The van der Waals surface area contributed by atoms with Crippen LogP contribution in [-0.4, -0.2) is 43.2 Å². The van der Waals surface area contributed by atoms with Crippen molar-refractivity contribution in [3.05, 3.63) is 23.8 Å². The van der Waals surface area contributed by atoms with Crippen LogP contribution >= 0.6 is 0 Å². The molecule has 1 aliphatic heterocycles. The van der Waals surface area contributed by atoms with Crippen molar-refractivity contribution in [2.24, 2.45) is 0 Å². The average Bonchev–Trinajstić information content (AvgIpc) is 2.43. The molecule has 1 heterocycles. The van der Waals surface area contributed by atoms with E-state index in [1.807, 2.05) is 26.0 Å². The van der Waals surface area contributed by atoms with Gasteiger partial charge in [0.15, 0.2) is 0 Å².